The predicted octanol–water partition coefficient (Wildman–Crippen LogP) is 1.96. The van der Waals surface area contributed by atoms with E-state index in [2.05, 4.69) is 29.6 Å². The number of rotatable bonds is 7. The molecule has 2 aliphatic rings. The van der Waals surface area contributed by atoms with Gasteiger partial charge in [-0.1, -0.05) is 30.3 Å². The van der Waals surface area contributed by atoms with Crippen molar-refractivity contribution in [3.63, 3.8) is 0 Å². The molecule has 1 N–H and O–H groups in total. The van der Waals surface area contributed by atoms with Crippen LogP contribution in [0.4, 0.5) is 0 Å². The quantitative estimate of drug-likeness (QED) is 0.776. The van der Waals surface area contributed by atoms with E-state index in [1.165, 1.54) is 5.56 Å². The third-order valence-corrected chi connectivity index (χ3v) is 4.87. The summed E-state index contributed by atoms with van der Waals surface area (Å²) in [5.41, 5.74) is 1.37. The Morgan fingerprint density at radius 2 is 1.79 bits per heavy atom. The number of nitrogens with one attached hydrogen (secondary N) is 1. The van der Waals surface area contributed by atoms with Crippen molar-refractivity contribution >= 4 is 5.91 Å². The molecule has 1 spiro atoms. The molecule has 5 nitrogen and oxygen atoms in total. The highest BCUT2D eigenvalue weighted by Gasteiger charge is 2.40. The Bertz CT molecular complexity index is 505. The van der Waals surface area contributed by atoms with Gasteiger partial charge in [-0.15, -0.1) is 0 Å². The number of carbonyl (C=O) groups excluding carboxylic acids is 1. The van der Waals surface area contributed by atoms with Crippen LogP contribution in [-0.4, -0.2) is 56.0 Å². The van der Waals surface area contributed by atoms with Crippen LogP contribution in [0.1, 0.15) is 31.2 Å². The van der Waals surface area contributed by atoms with Gasteiger partial charge in [0.1, 0.15) is 0 Å². The van der Waals surface area contributed by atoms with Crippen LogP contribution < -0.4 is 5.32 Å². The molecular formula is C19H28N2O3. The molecule has 0 bridgehead atoms. The largest absolute Gasteiger partial charge is 0.347 e. The molecule has 2 saturated heterocycles. The smallest absolute Gasteiger partial charge is 0.223 e. The van der Waals surface area contributed by atoms with Crippen molar-refractivity contribution in [3.8, 4) is 0 Å². The van der Waals surface area contributed by atoms with Crippen LogP contribution in [-0.2, 0) is 20.7 Å². The monoisotopic (exact) mass is 332 g/mol. The van der Waals surface area contributed by atoms with Crippen molar-refractivity contribution < 1.29 is 14.3 Å². The highest BCUT2D eigenvalue weighted by molar-refractivity contribution is 5.76. The summed E-state index contributed by atoms with van der Waals surface area (Å²) >= 11 is 0. The Kier molecular flexibility index (Phi) is 6.24. The van der Waals surface area contributed by atoms with E-state index < -0.39 is 5.79 Å². The van der Waals surface area contributed by atoms with E-state index in [-0.39, 0.29) is 5.91 Å². The summed E-state index contributed by atoms with van der Waals surface area (Å²) < 4.78 is 11.4. The zero-order valence-corrected chi connectivity index (χ0v) is 14.3. The minimum Gasteiger partial charge on any atom is -0.347 e. The number of carbonyl (C=O) groups is 1. The lowest BCUT2D eigenvalue weighted by Gasteiger charge is -2.37. The highest BCUT2D eigenvalue weighted by atomic mass is 16.7. The predicted molar refractivity (Wildman–Crippen MR) is 92.7 cm³/mol. The second-order valence-corrected chi connectivity index (χ2v) is 6.58. The van der Waals surface area contributed by atoms with Gasteiger partial charge in [-0.3, -0.25) is 4.79 Å². The lowest BCUT2D eigenvalue weighted by atomic mass is 10.0. The van der Waals surface area contributed by atoms with Crippen molar-refractivity contribution in [2.24, 2.45) is 0 Å². The summed E-state index contributed by atoms with van der Waals surface area (Å²) in [4.78, 5) is 14.2. The van der Waals surface area contributed by atoms with Crippen LogP contribution in [0.15, 0.2) is 30.3 Å². The Morgan fingerprint density at radius 3 is 2.50 bits per heavy atom. The minimum atomic E-state index is -0.396. The Labute approximate surface area is 144 Å². The van der Waals surface area contributed by atoms with Crippen molar-refractivity contribution in [2.75, 3.05) is 39.4 Å². The average molecular weight is 332 g/mol. The van der Waals surface area contributed by atoms with Crippen molar-refractivity contribution in [1.82, 2.24) is 10.2 Å². The molecule has 2 heterocycles. The second-order valence-electron chi connectivity index (χ2n) is 6.58. The number of hydrogen-bond donors (Lipinski definition) is 1. The summed E-state index contributed by atoms with van der Waals surface area (Å²) in [7, 11) is 0. The molecule has 24 heavy (non-hydrogen) atoms. The first-order valence-corrected chi connectivity index (χ1v) is 9.08. The minimum absolute atomic E-state index is 0.235. The van der Waals surface area contributed by atoms with Gasteiger partial charge in [-0.2, -0.15) is 0 Å². The summed E-state index contributed by atoms with van der Waals surface area (Å²) in [6.07, 6.45) is 4.33. The SMILES string of the molecule is O=C(CCNCCCc1ccccc1)N1CCC2(CC1)OCCO2. The van der Waals surface area contributed by atoms with Crippen LogP contribution in [0.2, 0.25) is 0 Å². The van der Waals surface area contributed by atoms with Gasteiger partial charge in [-0.25, -0.2) is 0 Å². The van der Waals surface area contributed by atoms with Gasteiger partial charge in [0.2, 0.25) is 5.91 Å². The normalized spacial score (nSPS) is 19.8. The van der Waals surface area contributed by atoms with E-state index in [9.17, 15) is 4.79 Å². The first-order chi connectivity index (χ1) is 11.8. The fourth-order valence-electron chi connectivity index (χ4n) is 3.42. The lowest BCUT2D eigenvalue weighted by Crippen LogP contribution is -2.47. The van der Waals surface area contributed by atoms with Gasteiger partial charge in [-0.05, 0) is 24.9 Å². The molecule has 0 radical (unpaired) electrons. The van der Waals surface area contributed by atoms with E-state index in [4.69, 9.17) is 9.47 Å². The van der Waals surface area contributed by atoms with Crippen LogP contribution in [0.3, 0.4) is 0 Å². The molecule has 0 aliphatic carbocycles. The van der Waals surface area contributed by atoms with Gasteiger partial charge in [0, 0.05) is 38.9 Å². The lowest BCUT2D eigenvalue weighted by molar-refractivity contribution is -0.187. The maximum Gasteiger partial charge on any atom is 0.223 e. The standard InChI is InChI=1S/C19H28N2O3/c22-18(21-13-9-19(10-14-21)23-15-16-24-19)8-12-20-11-4-7-17-5-2-1-3-6-17/h1-3,5-6,20H,4,7-16H2. The molecule has 0 unspecified atom stereocenters. The van der Waals surface area contributed by atoms with Gasteiger partial charge in [0.15, 0.2) is 5.79 Å². The van der Waals surface area contributed by atoms with Crippen LogP contribution >= 0.6 is 0 Å². The number of nitrogens with zero attached hydrogens (tertiary/aromatic N) is 1. The number of piperidine rings is 1. The van der Waals surface area contributed by atoms with Gasteiger partial charge < -0.3 is 19.7 Å². The number of benzene rings is 1. The fraction of sp³-hybridized carbons (Fsp3) is 0.632. The molecule has 2 aliphatic heterocycles. The summed E-state index contributed by atoms with van der Waals surface area (Å²) in [5, 5.41) is 3.38. The number of aryl methyl sites for hydroxylation is 1. The number of likely N-dealkylation sites (tertiary alicyclic amines) is 1. The molecule has 1 aromatic rings. The van der Waals surface area contributed by atoms with Gasteiger partial charge >= 0.3 is 0 Å². The zero-order chi connectivity index (χ0) is 16.7. The summed E-state index contributed by atoms with van der Waals surface area (Å²) in [6, 6.07) is 10.5. The van der Waals surface area contributed by atoms with E-state index in [1.807, 2.05) is 11.0 Å². The maximum absolute atomic E-state index is 12.3. The molecule has 0 aromatic heterocycles. The van der Waals surface area contributed by atoms with Crippen molar-refractivity contribution in [2.45, 2.75) is 37.9 Å². The Hall–Kier alpha value is -1.43. The van der Waals surface area contributed by atoms with Crippen LogP contribution in [0.25, 0.3) is 0 Å². The molecule has 1 amide bonds. The summed E-state index contributed by atoms with van der Waals surface area (Å²) in [6.45, 7) is 4.55. The number of amides is 1. The molecular weight excluding hydrogens is 304 g/mol. The van der Waals surface area contributed by atoms with Crippen molar-refractivity contribution in [1.29, 1.82) is 0 Å². The number of ether oxygens (including phenoxy) is 2. The third kappa shape index (κ3) is 4.79. The highest BCUT2D eigenvalue weighted by Crippen LogP contribution is 2.31. The van der Waals surface area contributed by atoms with E-state index in [0.29, 0.717) is 19.6 Å². The molecule has 132 valence electrons. The van der Waals surface area contributed by atoms with E-state index >= 15 is 0 Å². The van der Waals surface area contributed by atoms with Crippen LogP contribution in [0.5, 0.6) is 0 Å². The van der Waals surface area contributed by atoms with Gasteiger partial charge in [0.25, 0.3) is 0 Å². The van der Waals surface area contributed by atoms with E-state index in [1.54, 1.807) is 0 Å². The molecule has 5 heteroatoms. The molecule has 0 saturated carbocycles. The second kappa shape index (κ2) is 8.60. The maximum atomic E-state index is 12.3. The number of hydrogen-bond acceptors (Lipinski definition) is 4. The molecule has 0 atom stereocenters. The fourth-order valence-corrected chi connectivity index (χ4v) is 3.42. The zero-order valence-electron chi connectivity index (χ0n) is 14.3. The average Bonchev–Trinajstić information content (AvgIpc) is 3.07. The van der Waals surface area contributed by atoms with Gasteiger partial charge in [0.05, 0.1) is 13.2 Å². The first kappa shape index (κ1) is 17.4. The van der Waals surface area contributed by atoms with Crippen LogP contribution in [0, 0.1) is 0 Å². The molecule has 1 aromatic carbocycles. The molecule has 3 rings (SSSR count). The first-order valence-electron chi connectivity index (χ1n) is 9.08. The topological polar surface area (TPSA) is 50.8 Å². The Morgan fingerprint density at radius 1 is 1.08 bits per heavy atom. The van der Waals surface area contributed by atoms with Crippen molar-refractivity contribution in [3.05, 3.63) is 35.9 Å². The molecule has 2 fully saturated rings. The Balaban J connectivity index is 1.25. The van der Waals surface area contributed by atoms with E-state index in [0.717, 1.165) is 51.9 Å². The third-order valence-electron chi connectivity index (χ3n) is 4.87. The summed E-state index contributed by atoms with van der Waals surface area (Å²) in [5.74, 6) is -0.162.